The number of carbonyl (C=O) groups is 1. The van der Waals surface area contributed by atoms with E-state index in [2.05, 4.69) is 41.4 Å². The molecule has 5 heteroatoms. The van der Waals surface area contributed by atoms with Crippen molar-refractivity contribution in [1.29, 1.82) is 0 Å². The number of carbonyl (C=O) groups excluding carboxylic acids is 1. The molecule has 0 radical (unpaired) electrons. The van der Waals surface area contributed by atoms with Crippen LogP contribution >= 0.6 is 0 Å². The van der Waals surface area contributed by atoms with E-state index in [4.69, 9.17) is 0 Å². The van der Waals surface area contributed by atoms with Crippen molar-refractivity contribution in [1.82, 2.24) is 10.2 Å². The van der Waals surface area contributed by atoms with Crippen molar-refractivity contribution < 1.29 is 14.3 Å². The second kappa shape index (κ2) is 8.27. The predicted molar refractivity (Wildman–Crippen MR) is 123 cm³/mol. The van der Waals surface area contributed by atoms with Gasteiger partial charge < -0.3 is 10.4 Å². The summed E-state index contributed by atoms with van der Waals surface area (Å²) in [6.45, 7) is 4.27. The summed E-state index contributed by atoms with van der Waals surface area (Å²) in [5.41, 5.74) is 1.96. The number of nitrogens with zero attached hydrogens (tertiary/aromatic N) is 1. The number of amides is 1. The maximum Gasteiger partial charge on any atom is 0.227 e. The highest BCUT2D eigenvalue weighted by Gasteiger charge is 2.54. The van der Waals surface area contributed by atoms with E-state index in [0.717, 1.165) is 62.7 Å². The maximum atomic E-state index is 13.5. The first-order valence-electron chi connectivity index (χ1n) is 12.0. The van der Waals surface area contributed by atoms with Crippen LogP contribution in [0.4, 0.5) is 4.39 Å². The normalized spacial score (nSPS) is 30.4. The van der Waals surface area contributed by atoms with Gasteiger partial charge >= 0.3 is 0 Å². The van der Waals surface area contributed by atoms with Gasteiger partial charge in [-0.2, -0.15) is 0 Å². The SMILES string of the molecule is Cc1ccc(C2(O)CCCCC2N2CCC3(CC2)C(=O)NCC3c2ccc(F)cc2)cc1. The monoisotopic (exact) mass is 436 g/mol. The van der Waals surface area contributed by atoms with Gasteiger partial charge in [0.05, 0.1) is 5.41 Å². The Kier molecular flexibility index (Phi) is 5.58. The van der Waals surface area contributed by atoms with Gasteiger partial charge in [0.15, 0.2) is 0 Å². The Hall–Kier alpha value is -2.24. The van der Waals surface area contributed by atoms with E-state index in [9.17, 15) is 14.3 Å². The maximum absolute atomic E-state index is 13.5. The fraction of sp³-hybridized carbons (Fsp3) is 0.519. The number of hydrogen-bond donors (Lipinski definition) is 2. The van der Waals surface area contributed by atoms with Crippen LogP contribution in [-0.2, 0) is 10.4 Å². The van der Waals surface area contributed by atoms with Crippen LogP contribution in [0, 0.1) is 18.2 Å². The first-order chi connectivity index (χ1) is 15.4. The average molecular weight is 437 g/mol. The number of nitrogens with one attached hydrogen (secondary N) is 1. The lowest BCUT2D eigenvalue weighted by atomic mass is 9.66. The predicted octanol–water partition coefficient (Wildman–Crippen LogP) is 4.26. The lowest BCUT2D eigenvalue weighted by molar-refractivity contribution is -0.134. The second-order valence-electron chi connectivity index (χ2n) is 10.1. The largest absolute Gasteiger partial charge is 0.384 e. The molecule has 32 heavy (non-hydrogen) atoms. The number of halogens is 1. The minimum Gasteiger partial charge on any atom is -0.384 e. The van der Waals surface area contributed by atoms with Gasteiger partial charge in [-0.15, -0.1) is 0 Å². The number of piperidine rings is 1. The number of aryl methyl sites for hydroxylation is 1. The first-order valence-corrected chi connectivity index (χ1v) is 12.0. The molecule has 1 saturated carbocycles. The van der Waals surface area contributed by atoms with E-state index in [1.165, 1.54) is 17.7 Å². The quantitative estimate of drug-likeness (QED) is 0.756. The molecule has 2 heterocycles. The van der Waals surface area contributed by atoms with E-state index in [1.54, 1.807) is 0 Å². The molecule has 2 aromatic carbocycles. The zero-order valence-electron chi connectivity index (χ0n) is 18.8. The van der Waals surface area contributed by atoms with Gasteiger partial charge in [-0.05, 0) is 69.0 Å². The van der Waals surface area contributed by atoms with Crippen molar-refractivity contribution in [2.75, 3.05) is 19.6 Å². The van der Waals surface area contributed by atoms with E-state index in [-0.39, 0.29) is 23.7 Å². The van der Waals surface area contributed by atoms with Gasteiger partial charge in [0.2, 0.25) is 5.91 Å². The molecule has 3 unspecified atom stereocenters. The van der Waals surface area contributed by atoms with E-state index >= 15 is 0 Å². The molecule has 4 nitrogen and oxygen atoms in total. The topological polar surface area (TPSA) is 52.6 Å². The molecule has 2 N–H and O–H groups in total. The van der Waals surface area contributed by atoms with E-state index in [1.807, 2.05) is 12.1 Å². The van der Waals surface area contributed by atoms with Crippen molar-refractivity contribution in [3.05, 3.63) is 71.0 Å². The lowest BCUT2D eigenvalue weighted by Crippen LogP contribution is -2.57. The summed E-state index contributed by atoms with van der Waals surface area (Å²) in [6.07, 6.45) is 5.45. The summed E-state index contributed by atoms with van der Waals surface area (Å²) in [5.74, 6) is -0.0494. The summed E-state index contributed by atoms with van der Waals surface area (Å²) >= 11 is 0. The molecular formula is C27H33FN2O2. The smallest absolute Gasteiger partial charge is 0.227 e. The molecule has 1 aliphatic carbocycles. The molecule has 2 saturated heterocycles. The molecule has 0 bridgehead atoms. The Morgan fingerprint density at radius 2 is 1.69 bits per heavy atom. The Morgan fingerprint density at radius 3 is 2.38 bits per heavy atom. The van der Waals surface area contributed by atoms with Crippen LogP contribution in [-0.4, -0.2) is 41.6 Å². The van der Waals surface area contributed by atoms with Crippen LogP contribution in [0.2, 0.25) is 0 Å². The molecular weight excluding hydrogens is 403 g/mol. The number of benzene rings is 2. The standard InChI is InChI=1S/C27H33FN2O2/c1-19-5-9-21(10-6-19)27(32)13-3-2-4-24(27)30-16-14-26(15-17-30)23(18-29-25(26)31)20-7-11-22(28)12-8-20/h5-12,23-24,32H,2-4,13-18H2,1H3,(H,29,31). The summed E-state index contributed by atoms with van der Waals surface area (Å²) in [7, 11) is 0. The molecule has 3 atom stereocenters. The van der Waals surface area contributed by atoms with Crippen molar-refractivity contribution in [3.8, 4) is 0 Å². The molecule has 170 valence electrons. The summed E-state index contributed by atoms with van der Waals surface area (Å²) < 4.78 is 13.5. The van der Waals surface area contributed by atoms with Gasteiger partial charge in [0.1, 0.15) is 11.4 Å². The molecule has 0 aromatic heterocycles. The lowest BCUT2D eigenvalue weighted by Gasteiger charge is -2.50. The van der Waals surface area contributed by atoms with Crippen LogP contribution in [0.25, 0.3) is 0 Å². The molecule has 5 rings (SSSR count). The highest BCUT2D eigenvalue weighted by molar-refractivity contribution is 5.86. The van der Waals surface area contributed by atoms with Crippen molar-refractivity contribution in [2.45, 2.75) is 63.0 Å². The molecule has 2 aromatic rings. The van der Waals surface area contributed by atoms with Gasteiger partial charge in [-0.3, -0.25) is 9.69 Å². The van der Waals surface area contributed by atoms with E-state index < -0.39 is 11.0 Å². The molecule has 2 aliphatic heterocycles. The first kappa shape index (κ1) is 21.6. The van der Waals surface area contributed by atoms with Gasteiger partial charge in [-0.25, -0.2) is 4.39 Å². The van der Waals surface area contributed by atoms with Crippen molar-refractivity contribution in [2.24, 2.45) is 5.41 Å². The third kappa shape index (κ3) is 3.56. The molecule has 1 spiro atoms. The summed E-state index contributed by atoms with van der Waals surface area (Å²) in [5, 5.41) is 14.9. The molecule has 1 amide bonds. The van der Waals surface area contributed by atoms with Crippen molar-refractivity contribution in [3.63, 3.8) is 0 Å². The third-order valence-electron chi connectivity index (χ3n) is 8.38. The van der Waals surface area contributed by atoms with Gasteiger partial charge in [-0.1, -0.05) is 54.8 Å². The van der Waals surface area contributed by atoms with Crippen LogP contribution in [0.5, 0.6) is 0 Å². The zero-order chi connectivity index (χ0) is 22.3. The van der Waals surface area contributed by atoms with Gasteiger partial charge in [0.25, 0.3) is 0 Å². The highest BCUT2D eigenvalue weighted by atomic mass is 19.1. The Bertz CT molecular complexity index is 966. The van der Waals surface area contributed by atoms with Crippen LogP contribution < -0.4 is 5.32 Å². The zero-order valence-corrected chi connectivity index (χ0v) is 18.8. The minimum atomic E-state index is -0.843. The fourth-order valence-electron chi connectivity index (χ4n) is 6.47. The molecule has 3 aliphatic rings. The van der Waals surface area contributed by atoms with Gasteiger partial charge in [0, 0.05) is 18.5 Å². The minimum absolute atomic E-state index is 0.0695. The summed E-state index contributed by atoms with van der Waals surface area (Å²) in [4.78, 5) is 15.4. The second-order valence-corrected chi connectivity index (χ2v) is 10.1. The fourth-order valence-corrected chi connectivity index (χ4v) is 6.47. The van der Waals surface area contributed by atoms with Crippen LogP contribution in [0.1, 0.15) is 61.1 Å². The van der Waals surface area contributed by atoms with Crippen molar-refractivity contribution >= 4 is 5.91 Å². The Morgan fingerprint density at radius 1 is 1.00 bits per heavy atom. The molecule has 3 fully saturated rings. The average Bonchev–Trinajstić information content (AvgIpc) is 3.11. The third-order valence-corrected chi connectivity index (χ3v) is 8.38. The Labute approximate surface area is 189 Å². The number of aliphatic hydroxyl groups is 1. The van der Waals surface area contributed by atoms with Crippen LogP contribution in [0.3, 0.4) is 0 Å². The van der Waals surface area contributed by atoms with E-state index in [0.29, 0.717) is 6.54 Å². The number of rotatable bonds is 3. The summed E-state index contributed by atoms with van der Waals surface area (Å²) in [6, 6.07) is 15.0. The number of likely N-dealkylation sites (tertiary alicyclic amines) is 1. The Balaban J connectivity index is 1.37. The highest BCUT2D eigenvalue weighted by Crippen LogP contribution is 2.49. The van der Waals surface area contributed by atoms with Crippen LogP contribution in [0.15, 0.2) is 48.5 Å². The number of hydrogen-bond acceptors (Lipinski definition) is 3.